The van der Waals surface area contributed by atoms with Gasteiger partial charge in [0.1, 0.15) is 12.4 Å². The second-order valence-corrected chi connectivity index (χ2v) is 5.99. The maximum absolute atomic E-state index is 13.5. The number of carbonyl (C=O) groups is 2. The minimum atomic E-state index is -1.69. The molecule has 1 atom stereocenters. The van der Waals surface area contributed by atoms with Crippen molar-refractivity contribution in [3.63, 3.8) is 0 Å². The second-order valence-electron chi connectivity index (χ2n) is 5.99. The van der Waals surface area contributed by atoms with E-state index in [-0.39, 0.29) is 12.4 Å². The summed E-state index contributed by atoms with van der Waals surface area (Å²) in [6.45, 7) is -0.0503. The van der Waals surface area contributed by atoms with Gasteiger partial charge in [0.25, 0.3) is 5.91 Å². The fourth-order valence-corrected chi connectivity index (χ4v) is 2.39. The van der Waals surface area contributed by atoms with Crippen molar-refractivity contribution in [2.45, 2.75) is 6.54 Å². The smallest absolute Gasteiger partial charge is 0.275 e. The normalized spacial score (nSPS) is 11.7. The molecular weight excluding hydrogens is 366 g/mol. The number of halogens is 4. The van der Waals surface area contributed by atoms with Crippen LogP contribution in [0.15, 0.2) is 36.4 Å². The summed E-state index contributed by atoms with van der Waals surface area (Å²) in [5.41, 5.74) is 0.189. The van der Waals surface area contributed by atoms with Crippen molar-refractivity contribution in [2.24, 2.45) is 0 Å². The molecule has 0 aliphatic rings. The maximum Gasteiger partial charge on any atom is 0.275 e. The number of nitrogens with one attached hydrogen (secondary N) is 3. The molecule has 2 rings (SSSR count). The van der Waals surface area contributed by atoms with E-state index in [9.17, 15) is 27.2 Å². The first kappa shape index (κ1) is 20.4. The minimum Gasteiger partial charge on any atom is -0.342 e. The summed E-state index contributed by atoms with van der Waals surface area (Å²) < 4.78 is 52.6. The predicted octanol–water partition coefficient (Wildman–Crippen LogP) is 1.01. The lowest BCUT2D eigenvalue weighted by Gasteiger charge is -2.14. The van der Waals surface area contributed by atoms with Gasteiger partial charge in [-0.2, -0.15) is 0 Å². The summed E-state index contributed by atoms with van der Waals surface area (Å²) in [7, 11) is 1.72. The van der Waals surface area contributed by atoms with Gasteiger partial charge in [-0.1, -0.05) is 12.1 Å². The number of anilines is 1. The highest BCUT2D eigenvalue weighted by molar-refractivity contribution is 5.94. The van der Waals surface area contributed by atoms with Crippen LogP contribution in [0, 0.1) is 23.3 Å². The van der Waals surface area contributed by atoms with Crippen LogP contribution in [0.3, 0.4) is 0 Å². The van der Waals surface area contributed by atoms with E-state index in [1.54, 1.807) is 19.2 Å². The Bertz CT molecular complexity index is 845. The van der Waals surface area contributed by atoms with Gasteiger partial charge >= 0.3 is 0 Å². The van der Waals surface area contributed by atoms with Gasteiger partial charge in [-0.05, 0) is 24.3 Å². The Kier molecular flexibility index (Phi) is 6.89. The first-order chi connectivity index (χ1) is 12.8. The van der Waals surface area contributed by atoms with Crippen molar-refractivity contribution >= 4 is 17.5 Å². The van der Waals surface area contributed by atoms with Crippen LogP contribution < -0.4 is 15.5 Å². The molecule has 5 nitrogen and oxygen atoms in total. The van der Waals surface area contributed by atoms with Crippen LogP contribution in [0.5, 0.6) is 0 Å². The molecule has 1 unspecified atom stereocenters. The van der Waals surface area contributed by atoms with Crippen molar-refractivity contribution in [3.8, 4) is 0 Å². The molecule has 0 aliphatic carbocycles. The standard InChI is InChI=1S/C18H17F4N3O2/c1-25(9-11-3-2-4-12(19)7-11)10-16(27)23-8-15(26)24-14-6-5-13(20)17(21)18(14)22/h2-7H,8-10H2,1H3,(H,23,27)(H,24,26)/p+1. The van der Waals surface area contributed by atoms with E-state index in [0.717, 1.165) is 11.0 Å². The van der Waals surface area contributed by atoms with Gasteiger partial charge in [-0.15, -0.1) is 0 Å². The SMILES string of the molecule is C[NH+](CC(=O)NCC(=O)Nc1ccc(F)c(F)c1F)Cc1cccc(F)c1. The molecule has 9 heteroatoms. The van der Waals surface area contributed by atoms with E-state index in [2.05, 4.69) is 5.32 Å². The third-order valence-electron chi connectivity index (χ3n) is 3.61. The van der Waals surface area contributed by atoms with E-state index < -0.39 is 41.5 Å². The molecule has 0 aromatic heterocycles. The topological polar surface area (TPSA) is 62.6 Å². The third-order valence-corrected chi connectivity index (χ3v) is 3.61. The van der Waals surface area contributed by atoms with Crippen LogP contribution in [-0.4, -0.2) is 32.0 Å². The van der Waals surface area contributed by atoms with Gasteiger partial charge in [0, 0.05) is 5.56 Å². The Morgan fingerprint density at radius 3 is 2.44 bits per heavy atom. The predicted molar refractivity (Wildman–Crippen MR) is 89.8 cm³/mol. The molecule has 0 radical (unpaired) electrons. The number of benzene rings is 2. The highest BCUT2D eigenvalue weighted by Crippen LogP contribution is 2.19. The molecule has 2 amide bonds. The number of hydrogen-bond acceptors (Lipinski definition) is 2. The van der Waals surface area contributed by atoms with Crippen molar-refractivity contribution in [2.75, 3.05) is 25.5 Å². The molecule has 0 saturated heterocycles. The summed E-state index contributed by atoms with van der Waals surface area (Å²) >= 11 is 0. The molecule has 144 valence electrons. The van der Waals surface area contributed by atoms with Gasteiger partial charge in [-0.3, -0.25) is 9.59 Å². The van der Waals surface area contributed by atoms with Crippen LogP contribution in [0.1, 0.15) is 5.56 Å². The lowest BCUT2D eigenvalue weighted by molar-refractivity contribution is -0.885. The van der Waals surface area contributed by atoms with E-state index >= 15 is 0 Å². The van der Waals surface area contributed by atoms with Crippen molar-refractivity contribution in [1.29, 1.82) is 0 Å². The molecule has 2 aromatic carbocycles. The van der Waals surface area contributed by atoms with Gasteiger partial charge in [0.2, 0.25) is 5.91 Å². The zero-order valence-electron chi connectivity index (χ0n) is 14.4. The van der Waals surface area contributed by atoms with E-state index in [4.69, 9.17) is 0 Å². The zero-order chi connectivity index (χ0) is 20.0. The lowest BCUT2D eigenvalue weighted by Crippen LogP contribution is -3.08. The number of quaternary nitrogens is 1. The van der Waals surface area contributed by atoms with Crippen LogP contribution in [0.4, 0.5) is 23.2 Å². The third kappa shape index (κ3) is 6.07. The van der Waals surface area contributed by atoms with Crippen molar-refractivity contribution in [3.05, 3.63) is 65.2 Å². The lowest BCUT2D eigenvalue weighted by atomic mass is 10.2. The number of carbonyl (C=O) groups excluding carboxylic acids is 2. The van der Waals surface area contributed by atoms with Gasteiger partial charge in [-0.25, -0.2) is 17.6 Å². The highest BCUT2D eigenvalue weighted by Gasteiger charge is 2.16. The minimum absolute atomic E-state index is 0.0172. The Balaban J connectivity index is 1.79. The fraction of sp³-hybridized carbons (Fsp3) is 0.222. The quantitative estimate of drug-likeness (QED) is 0.493. The molecule has 2 aromatic rings. The summed E-state index contributed by atoms with van der Waals surface area (Å²) in [5, 5.41) is 4.39. The first-order valence-corrected chi connectivity index (χ1v) is 8.02. The zero-order valence-corrected chi connectivity index (χ0v) is 14.4. The van der Waals surface area contributed by atoms with E-state index in [0.29, 0.717) is 18.2 Å². The monoisotopic (exact) mass is 384 g/mol. The van der Waals surface area contributed by atoms with Crippen molar-refractivity contribution < 1.29 is 32.1 Å². The van der Waals surface area contributed by atoms with Crippen LogP contribution in [0.25, 0.3) is 0 Å². The second kappa shape index (κ2) is 9.13. The Hall–Kier alpha value is -2.94. The maximum atomic E-state index is 13.5. The molecule has 0 spiro atoms. The molecule has 0 bridgehead atoms. The summed E-state index contributed by atoms with van der Waals surface area (Å²) in [6.07, 6.45) is 0. The fourth-order valence-electron chi connectivity index (χ4n) is 2.39. The Morgan fingerprint density at radius 2 is 1.74 bits per heavy atom. The van der Waals surface area contributed by atoms with Crippen molar-refractivity contribution in [1.82, 2.24) is 5.32 Å². The summed E-state index contributed by atoms with van der Waals surface area (Å²) in [6, 6.07) is 7.54. The number of rotatable bonds is 7. The van der Waals surface area contributed by atoms with E-state index in [1.807, 2.05) is 5.32 Å². The number of amides is 2. The summed E-state index contributed by atoms with van der Waals surface area (Å²) in [5.74, 6) is -6.21. The molecule has 0 saturated carbocycles. The first-order valence-electron chi connectivity index (χ1n) is 8.02. The van der Waals surface area contributed by atoms with E-state index in [1.165, 1.54) is 12.1 Å². The molecule has 0 heterocycles. The largest absolute Gasteiger partial charge is 0.342 e. The van der Waals surface area contributed by atoms with Crippen LogP contribution >= 0.6 is 0 Å². The molecular formula is C18H18F4N3O2+. The number of hydrogen-bond donors (Lipinski definition) is 3. The van der Waals surface area contributed by atoms with Gasteiger partial charge < -0.3 is 15.5 Å². The summed E-state index contributed by atoms with van der Waals surface area (Å²) in [4.78, 5) is 24.3. The number of likely N-dealkylation sites (N-methyl/N-ethyl adjacent to an activating group) is 1. The Labute approximate surface area is 153 Å². The Morgan fingerprint density at radius 1 is 1.00 bits per heavy atom. The van der Waals surface area contributed by atoms with Gasteiger partial charge in [0.15, 0.2) is 24.0 Å². The molecule has 0 fully saturated rings. The highest BCUT2D eigenvalue weighted by atomic mass is 19.2. The van der Waals surface area contributed by atoms with Crippen LogP contribution in [0.2, 0.25) is 0 Å². The average molecular weight is 384 g/mol. The van der Waals surface area contributed by atoms with Crippen LogP contribution in [-0.2, 0) is 16.1 Å². The molecule has 0 aliphatic heterocycles. The van der Waals surface area contributed by atoms with Gasteiger partial charge in [0.05, 0.1) is 19.3 Å². The average Bonchev–Trinajstić information content (AvgIpc) is 2.60. The molecule has 3 N–H and O–H groups in total. The molecule has 27 heavy (non-hydrogen) atoms.